The summed E-state index contributed by atoms with van der Waals surface area (Å²) in [6, 6.07) is 2.63. The van der Waals surface area contributed by atoms with Gasteiger partial charge in [0.1, 0.15) is 0 Å². The first kappa shape index (κ1) is 12.7. The van der Waals surface area contributed by atoms with Gasteiger partial charge in [0.25, 0.3) is 0 Å². The van der Waals surface area contributed by atoms with E-state index in [2.05, 4.69) is 0 Å². The Kier molecular flexibility index (Phi) is 3.41. The number of hydrogen-bond donors (Lipinski definition) is 0. The normalized spacial score (nSPS) is 11.6. The van der Waals surface area contributed by atoms with Crippen molar-refractivity contribution in [2.45, 2.75) is 33.4 Å². The highest BCUT2D eigenvalue weighted by Gasteiger charge is 2.34. The van der Waals surface area contributed by atoms with E-state index in [0.717, 1.165) is 0 Å². The first-order valence-corrected chi connectivity index (χ1v) is 4.99. The molecule has 1 nitrogen and oxygen atoms in total. The van der Waals surface area contributed by atoms with Crippen LogP contribution in [0.15, 0.2) is 12.1 Å². The van der Waals surface area contributed by atoms with Gasteiger partial charge in [0.15, 0.2) is 5.78 Å². The van der Waals surface area contributed by atoms with Crippen molar-refractivity contribution >= 4 is 5.78 Å². The zero-order valence-electron chi connectivity index (χ0n) is 9.40. The lowest BCUT2D eigenvalue weighted by Gasteiger charge is -2.15. The van der Waals surface area contributed by atoms with Gasteiger partial charge in [-0.05, 0) is 43.5 Å². The number of alkyl halides is 3. The van der Waals surface area contributed by atoms with E-state index in [0.29, 0.717) is 5.56 Å². The second kappa shape index (κ2) is 4.28. The van der Waals surface area contributed by atoms with Gasteiger partial charge >= 0.3 is 6.18 Å². The van der Waals surface area contributed by atoms with E-state index in [9.17, 15) is 18.0 Å². The van der Waals surface area contributed by atoms with Gasteiger partial charge in [-0.2, -0.15) is 13.2 Å². The molecule has 0 fully saturated rings. The van der Waals surface area contributed by atoms with Crippen LogP contribution < -0.4 is 0 Å². The van der Waals surface area contributed by atoms with Crippen molar-refractivity contribution in [1.29, 1.82) is 0 Å². The fourth-order valence-corrected chi connectivity index (χ4v) is 1.75. The Hall–Kier alpha value is -1.32. The third kappa shape index (κ3) is 2.43. The van der Waals surface area contributed by atoms with Crippen LogP contribution in [0.5, 0.6) is 0 Å². The number of hydrogen-bond acceptors (Lipinski definition) is 1. The molecule has 0 atom stereocenters. The molecule has 1 aromatic carbocycles. The van der Waals surface area contributed by atoms with Crippen molar-refractivity contribution in [3.63, 3.8) is 0 Å². The number of benzene rings is 1. The molecule has 0 aliphatic heterocycles. The highest BCUT2D eigenvalue weighted by atomic mass is 19.4. The molecule has 88 valence electrons. The first-order valence-electron chi connectivity index (χ1n) is 4.99. The van der Waals surface area contributed by atoms with Gasteiger partial charge in [0.2, 0.25) is 0 Å². The van der Waals surface area contributed by atoms with Crippen molar-refractivity contribution in [1.82, 2.24) is 0 Å². The standard InChI is InChI=1S/C12H13F3O/c1-4-9-6-10(8(3)16)5-7(2)11(9)12(13,14)15/h5-6H,4H2,1-3H3. The van der Waals surface area contributed by atoms with Crippen molar-refractivity contribution in [2.24, 2.45) is 0 Å². The van der Waals surface area contributed by atoms with Gasteiger partial charge in [-0.1, -0.05) is 6.92 Å². The van der Waals surface area contributed by atoms with E-state index in [1.807, 2.05) is 0 Å². The number of carbonyl (C=O) groups excluding carboxylic acids is 1. The molecule has 0 N–H and O–H groups in total. The predicted molar refractivity (Wildman–Crippen MR) is 55.6 cm³/mol. The second-order valence-electron chi connectivity index (χ2n) is 3.73. The molecule has 0 aliphatic carbocycles. The molecule has 0 aromatic heterocycles. The zero-order chi connectivity index (χ0) is 12.5. The van der Waals surface area contributed by atoms with Crippen molar-refractivity contribution < 1.29 is 18.0 Å². The summed E-state index contributed by atoms with van der Waals surface area (Å²) in [6.07, 6.45) is -4.10. The van der Waals surface area contributed by atoms with E-state index in [4.69, 9.17) is 0 Å². The lowest BCUT2D eigenvalue weighted by Crippen LogP contribution is -2.12. The molecule has 0 amide bonds. The van der Waals surface area contributed by atoms with Crippen LogP contribution in [0.2, 0.25) is 0 Å². The largest absolute Gasteiger partial charge is 0.416 e. The van der Waals surface area contributed by atoms with Crippen LogP contribution in [0, 0.1) is 6.92 Å². The van der Waals surface area contributed by atoms with Gasteiger partial charge in [0.05, 0.1) is 5.56 Å². The Morgan fingerprint density at radius 2 is 1.88 bits per heavy atom. The summed E-state index contributed by atoms with van der Waals surface area (Å²) in [6.45, 7) is 4.38. The molecule has 1 aromatic rings. The molecule has 0 unspecified atom stereocenters. The summed E-state index contributed by atoms with van der Waals surface area (Å²) in [5.41, 5.74) is 0.0112. The van der Waals surface area contributed by atoms with Gasteiger partial charge < -0.3 is 0 Å². The topological polar surface area (TPSA) is 17.1 Å². The third-order valence-corrected chi connectivity index (χ3v) is 2.49. The van der Waals surface area contributed by atoms with Crippen LogP contribution in [0.1, 0.15) is 40.9 Å². The summed E-state index contributed by atoms with van der Waals surface area (Å²) in [4.78, 5) is 11.1. The Balaban J connectivity index is 3.46. The van der Waals surface area contributed by atoms with Gasteiger partial charge in [-0.15, -0.1) is 0 Å². The molecule has 4 heteroatoms. The minimum absolute atomic E-state index is 0.108. The predicted octanol–water partition coefficient (Wildman–Crippen LogP) is 3.78. The van der Waals surface area contributed by atoms with Crippen LogP contribution in [-0.2, 0) is 12.6 Å². The molecular formula is C12H13F3O. The van der Waals surface area contributed by atoms with E-state index in [1.165, 1.54) is 26.0 Å². The maximum absolute atomic E-state index is 12.7. The average Bonchev–Trinajstić information content (AvgIpc) is 2.14. The number of Topliss-reactive ketones (excluding diaryl/α,β-unsaturated/α-hetero) is 1. The number of carbonyl (C=O) groups is 1. The average molecular weight is 230 g/mol. The number of halogens is 3. The fraction of sp³-hybridized carbons (Fsp3) is 0.417. The fourth-order valence-electron chi connectivity index (χ4n) is 1.75. The van der Waals surface area contributed by atoms with Crippen LogP contribution in [-0.4, -0.2) is 5.78 Å². The molecule has 1 rings (SSSR count). The summed E-state index contributed by atoms with van der Waals surface area (Å²) < 4.78 is 38.2. The molecule has 0 radical (unpaired) electrons. The van der Waals surface area contributed by atoms with E-state index >= 15 is 0 Å². The van der Waals surface area contributed by atoms with Crippen LogP contribution in [0.25, 0.3) is 0 Å². The maximum Gasteiger partial charge on any atom is 0.416 e. The lowest BCUT2D eigenvalue weighted by molar-refractivity contribution is -0.138. The molecule has 0 aliphatic rings. The van der Waals surface area contributed by atoms with Crippen LogP contribution >= 0.6 is 0 Å². The van der Waals surface area contributed by atoms with E-state index < -0.39 is 11.7 Å². The highest BCUT2D eigenvalue weighted by Crippen LogP contribution is 2.35. The summed E-state index contributed by atoms with van der Waals surface area (Å²) >= 11 is 0. The van der Waals surface area contributed by atoms with Crippen LogP contribution in [0.4, 0.5) is 13.2 Å². The summed E-state index contributed by atoms with van der Waals surface area (Å²) in [5, 5.41) is 0. The van der Waals surface area contributed by atoms with Crippen molar-refractivity contribution in [2.75, 3.05) is 0 Å². The molecule has 0 spiro atoms. The molecule has 0 bridgehead atoms. The number of aryl methyl sites for hydroxylation is 2. The highest BCUT2D eigenvalue weighted by molar-refractivity contribution is 5.94. The monoisotopic (exact) mass is 230 g/mol. The quantitative estimate of drug-likeness (QED) is 0.706. The smallest absolute Gasteiger partial charge is 0.295 e. The second-order valence-corrected chi connectivity index (χ2v) is 3.73. The summed E-state index contributed by atoms with van der Waals surface area (Å²) in [7, 11) is 0. The van der Waals surface area contributed by atoms with Crippen molar-refractivity contribution in [3.8, 4) is 0 Å². The SMILES string of the molecule is CCc1cc(C(C)=O)cc(C)c1C(F)(F)F. The van der Waals surface area contributed by atoms with Gasteiger partial charge in [-0.3, -0.25) is 4.79 Å². The van der Waals surface area contributed by atoms with Gasteiger partial charge in [-0.25, -0.2) is 0 Å². The van der Waals surface area contributed by atoms with E-state index in [-0.39, 0.29) is 23.3 Å². The molecule has 0 saturated carbocycles. The van der Waals surface area contributed by atoms with Gasteiger partial charge in [0, 0.05) is 5.56 Å². The van der Waals surface area contributed by atoms with Crippen LogP contribution in [0.3, 0.4) is 0 Å². The number of rotatable bonds is 2. The molecular weight excluding hydrogens is 217 g/mol. The molecule has 0 heterocycles. The van der Waals surface area contributed by atoms with E-state index in [1.54, 1.807) is 6.92 Å². The number of ketones is 1. The Morgan fingerprint density at radius 3 is 2.25 bits per heavy atom. The third-order valence-electron chi connectivity index (χ3n) is 2.49. The first-order chi connectivity index (χ1) is 7.27. The maximum atomic E-state index is 12.7. The Bertz CT molecular complexity index is 419. The molecule has 16 heavy (non-hydrogen) atoms. The lowest BCUT2D eigenvalue weighted by atomic mass is 9.95. The Morgan fingerprint density at radius 1 is 1.31 bits per heavy atom. The Labute approximate surface area is 92.3 Å². The minimum Gasteiger partial charge on any atom is -0.295 e. The minimum atomic E-state index is -4.36. The molecule has 0 saturated heterocycles. The summed E-state index contributed by atoms with van der Waals surface area (Å²) in [5.74, 6) is -0.216. The van der Waals surface area contributed by atoms with Crippen molar-refractivity contribution in [3.05, 3.63) is 34.4 Å². The zero-order valence-corrected chi connectivity index (χ0v) is 9.40.